The van der Waals surface area contributed by atoms with E-state index in [1.807, 2.05) is 6.92 Å². The smallest absolute Gasteiger partial charge is 0.287 e. The summed E-state index contributed by atoms with van der Waals surface area (Å²) in [5, 5.41) is 7.32. The molecule has 1 aromatic heterocycles. The van der Waals surface area contributed by atoms with Gasteiger partial charge in [0.25, 0.3) is 5.56 Å². The molecule has 0 spiro atoms. The van der Waals surface area contributed by atoms with Crippen LogP contribution < -0.4 is 10.9 Å². The molecule has 1 rings (SSSR count). The molecule has 0 aliphatic carbocycles. The summed E-state index contributed by atoms with van der Waals surface area (Å²) in [5.74, 6) is 0.549. The second-order valence-electron chi connectivity index (χ2n) is 4.74. The molecule has 0 saturated heterocycles. The maximum atomic E-state index is 11.7. The summed E-state index contributed by atoms with van der Waals surface area (Å²) in [7, 11) is 0. The van der Waals surface area contributed by atoms with Crippen LogP contribution in [0.4, 0.5) is 5.69 Å². The van der Waals surface area contributed by atoms with Crippen LogP contribution in [0, 0.1) is 5.92 Å². The summed E-state index contributed by atoms with van der Waals surface area (Å²) in [6, 6.07) is 0. The van der Waals surface area contributed by atoms with Gasteiger partial charge in [0.05, 0.1) is 11.9 Å². The third kappa shape index (κ3) is 5.20. The third-order valence-corrected chi connectivity index (χ3v) is 2.88. The van der Waals surface area contributed by atoms with Crippen molar-refractivity contribution in [2.75, 3.05) is 25.1 Å². The van der Waals surface area contributed by atoms with Crippen LogP contribution in [-0.2, 0) is 11.3 Å². The molecule has 19 heavy (non-hydrogen) atoms. The molecule has 0 fully saturated rings. The lowest BCUT2D eigenvalue weighted by molar-refractivity contribution is 0.110. The van der Waals surface area contributed by atoms with Crippen molar-refractivity contribution >= 4 is 17.3 Å². The van der Waals surface area contributed by atoms with Crippen LogP contribution >= 0.6 is 11.6 Å². The molecule has 0 aliphatic rings. The maximum Gasteiger partial charge on any atom is 0.287 e. The molecule has 1 N–H and O–H groups in total. The van der Waals surface area contributed by atoms with E-state index in [0.717, 1.165) is 13.0 Å². The number of halogens is 1. The van der Waals surface area contributed by atoms with Gasteiger partial charge < -0.3 is 10.1 Å². The molecule has 0 amide bonds. The van der Waals surface area contributed by atoms with Gasteiger partial charge in [-0.15, -0.1) is 0 Å². The lowest BCUT2D eigenvalue weighted by Gasteiger charge is -2.10. The normalized spacial score (nSPS) is 11.0. The zero-order valence-electron chi connectivity index (χ0n) is 11.8. The van der Waals surface area contributed by atoms with E-state index in [9.17, 15) is 4.79 Å². The Hall–Kier alpha value is -1.07. The average Bonchev–Trinajstić information content (AvgIpc) is 2.38. The fourth-order valence-electron chi connectivity index (χ4n) is 1.53. The zero-order chi connectivity index (χ0) is 14.3. The minimum Gasteiger partial charge on any atom is -0.382 e. The van der Waals surface area contributed by atoms with Crippen molar-refractivity contribution in [3.05, 3.63) is 21.6 Å². The Morgan fingerprint density at radius 2 is 2.26 bits per heavy atom. The summed E-state index contributed by atoms with van der Waals surface area (Å²) < 4.78 is 6.80. The molecule has 0 aromatic carbocycles. The molecule has 0 bridgehead atoms. The quantitative estimate of drug-likeness (QED) is 0.746. The molecule has 0 aliphatic heterocycles. The number of rotatable bonds is 8. The van der Waals surface area contributed by atoms with Gasteiger partial charge in [-0.1, -0.05) is 25.4 Å². The highest BCUT2D eigenvalue weighted by atomic mass is 35.5. The number of anilines is 1. The number of nitrogens with zero attached hydrogens (tertiary/aromatic N) is 2. The van der Waals surface area contributed by atoms with Crippen LogP contribution in [0.3, 0.4) is 0 Å². The molecule has 6 heteroatoms. The predicted octanol–water partition coefficient (Wildman–Crippen LogP) is 2.39. The van der Waals surface area contributed by atoms with Gasteiger partial charge >= 0.3 is 0 Å². The highest BCUT2D eigenvalue weighted by molar-refractivity contribution is 6.32. The lowest BCUT2D eigenvalue weighted by Crippen LogP contribution is -2.23. The van der Waals surface area contributed by atoms with Gasteiger partial charge in [-0.3, -0.25) is 4.79 Å². The molecule has 1 aromatic rings. The number of ether oxygens (including phenoxy) is 1. The summed E-state index contributed by atoms with van der Waals surface area (Å²) in [5.41, 5.74) is 0.324. The summed E-state index contributed by atoms with van der Waals surface area (Å²) in [6.07, 6.45) is 2.45. The van der Waals surface area contributed by atoms with Gasteiger partial charge in [0, 0.05) is 26.3 Å². The SMILES string of the molecule is CCn1ncc(NCCCOCC(C)C)c(Cl)c1=O. The molecule has 0 atom stereocenters. The molecular weight excluding hydrogens is 266 g/mol. The molecule has 0 radical (unpaired) electrons. The van der Waals surface area contributed by atoms with E-state index in [4.69, 9.17) is 16.3 Å². The van der Waals surface area contributed by atoms with Crippen molar-refractivity contribution in [1.29, 1.82) is 0 Å². The summed E-state index contributed by atoms with van der Waals surface area (Å²) in [4.78, 5) is 11.7. The van der Waals surface area contributed by atoms with Crippen molar-refractivity contribution in [3.8, 4) is 0 Å². The van der Waals surface area contributed by atoms with Gasteiger partial charge in [-0.2, -0.15) is 5.10 Å². The maximum absolute atomic E-state index is 11.7. The average molecular weight is 288 g/mol. The van der Waals surface area contributed by atoms with Gasteiger partial charge in [-0.25, -0.2) is 4.68 Å². The molecular formula is C13H22ClN3O2. The predicted molar refractivity (Wildman–Crippen MR) is 77.9 cm³/mol. The van der Waals surface area contributed by atoms with Crippen LogP contribution in [0.15, 0.2) is 11.0 Å². The fourth-order valence-corrected chi connectivity index (χ4v) is 1.74. The van der Waals surface area contributed by atoms with Crippen LogP contribution in [-0.4, -0.2) is 29.5 Å². The van der Waals surface area contributed by atoms with Gasteiger partial charge in [-0.05, 0) is 19.3 Å². The molecule has 0 unspecified atom stereocenters. The van der Waals surface area contributed by atoms with Crippen molar-refractivity contribution in [2.24, 2.45) is 5.92 Å². The van der Waals surface area contributed by atoms with E-state index in [0.29, 0.717) is 31.3 Å². The summed E-state index contributed by atoms with van der Waals surface area (Å²) in [6.45, 7) is 8.77. The first kappa shape index (κ1) is 16.0. The fraction of sp³-hybridized carbons (Fsp3) is 0.692. The number of hydrogen-bond acceptors (Lipinski definition) is 4. The van der Waals surface area contributed by atoms with E-state index in [1.165, 1.54) is 4.68 Å². The van der Waals surface area contributed by atoms with Crippen molar-refractivity contribution < 1.29 is 4.74 Å². The Morgan fingerprint density at radius 3 is 2.89 bits per heavy atom. The standard InChI is InChI=1S/C13H22ClN3O2/c1-4-17-13(18)12(14)11(8-16-17)15-6-5-7-19-9-10(2)3/h8,10,15H,4-7,9H2,1-3H3. The lowest BCUT2D eigenvalue weighted by atomic mass is 10.2. The van der Waals surface area contributed by atoms with Crippen molar-refractivity contribution in [3.63, 3.8) is 0 Å². The third-order valence-electron chi connectivity index (χ3n) is 2.52. The van der Waals surface area contributed by atoms with E-state index >= 15 is 0 Å². The first-order chi connectivity index (χ1) is 9.06. The van der Waals surface area contributed by atoms with Crippen molar-refractivity contribution in [1.82, 2.24) is 9.78 Å². The highest BCUT2D eigenvalue weighted by Gasteiger charge is 2.07. The largest absolute Gasteiger partial charge is 0.382 e. The van der Waals surface area contributed by atoms with Crippen LogP contribution in [0.5, 0.6) is 0 Å². The first-order valence-electron chi connectivity index (χ1n) is 6.63. The van der Waals surface area contributed by atoms with E-state index in [2.05, 4.69) is 24.3 Å². The number of aromatic nitrogens is 2. The zero-order valence-corrected chi connectivity index (χ0v) is 12.5. The Bertz CT molecular complexity index is 446. The second-order valence-corrected chi connectivity index (χ2v) is 5.12. The van der Waals surface area contributed by atoms with E-state index in [-0.39, 0.29) is 10.6 Å². The Kier molecular flexibility index (Phi) is 6.87. The van der Waals surface area contributed by atoms with Crippen LogP contribution in [0.25, 0.3) is 0 Å². The van der Waals surface area contributed by atoms with Gasteiger partial charge in [0.15, 0.2) is 0 Å². The van der Waals surface area contributed by atoms with Crippen molar-refractivity contribution in [2.45, 2.75) is 33.7 Å². The molecule has 5 nitrogen and oxygen atoms in total. The molecule has 1 heterocycles. The van der Waals surface area contributed by atoms with E-state index < -0.39 is 0 Å². The van der Waals surface area contributed by atoms with E-state index in [1.54, 1.807) is 6.20 Å². The Labute approximate surface area is 118 Å². The van der Waals surface area contributed by atoms with Gasteiger partial charge in [0.1, 0.15) is 5.02 Å². The number of aryl methyl sites for hydroxylation is 1. The monoisotopic (exact) mass is 287 g/mol. The topological polar surface area (TPSA) is 56.1 Å². The van der Waals surface area contributed by atoms with Crippen LogP contribution in [0.2, 0.25) is 5.02 Å². The summed E-state index contributed by atoms with van der Waals surface area (Å²) >= 11 is 5.99. The van der Waals surface area contributed by atoms with Gasteiger partial charge in [0.2, 0.25) is 0 Å². The molecule has 108 valence electrons. The number of nitrogens with one attached hydrogen (secondary N) is 1. The minimum absolute atomic E-state index is 0.194. The Balaban J connectivity index is 2.38. The number of hydrogen-bond donors (Lipinski definition) is 1. The minimum atomic E-state index is -0.259. The Morgan fingerprint density at radius 1 is 1.53 bits per heavy atom. The molecule has 0 saturated carbocycles. The van der Waals surface area contributed by atoms with Crippen LogP contribution in [0.1, 0.15) is 27.2 Å². The first-order valence-corrected chi connectivity index (χ1v) is 7.01. The second kappa shape index (κ2) is 8.17. The highest BCUT2D eigenvalue weighted by Crippen LogP contribution is 2.14.